The van der Waals surface area contributed by atoms with Crippen LogP contribution in [0, 0.1) is 12.7 Å². The largest absolute Gasteiger partial charge is 0.491 e. The lowest BCUT2D eigenvalue weighted by molar-refractivity contribution is -0.116. The van der Waals surface area contributed by atoms with E-state index in [9.17, 15) is 9.18 Å². The summed E-state index contributed by atoms with van der Waals surface area (Å²) in [4.78, 5) is 24.9. The number of carbonyl (C=O) groups is 1. The lowest BCUT2D eigenvalue weighted by Gasteiger charge is -2.13. The Bertz CT molecular complexity index is 1360. The first-order valence-corrected chi connectivity index (χ1v) is 11.2. The smallest absolute Gasteiger partial charge is 0.250 e. The third-order valence-electron chi connectivity index (χ3n) is 5.53. The predicted molar refractivity (Wildman–Crippen MR) is 133 cm³/mol. The van der Waals surface area contributed by atoms with E-state index in [2.05, 4.69) is 20.3 Å². The number of amides is 1. The summed E-state index contributed by atoms with van der Waals surface area (Å²) in [7, 11) is 1.37. The summed E-state index contributed by atoms with van der Waals surface area (Å²) in [6.07, 6.45) is 4.67. The zero-order valence-corrected chi connectivity index (χ0v) is 19.5. The van der Waals surface area contributed by atoms with Crippen LogP contribution in [0.15, 0.2) is 55.0 Å². The predicted octanol–water partition coefficient (Wildman–Crippen LogP) is 4.92. The molecule has 0 unspecified atom stereocenters. The first kappa shape index (κ1) is 23.9. The van der Waals surface area contributed by atoms with Crippen molar-refractivity contribution in [1.82, 2.24) is 15.0 Å². The molecule has 0 saturated heterocycles. The van der Waals surface area contributed by atoms with E-state index in [-0.39, 0.29) is 11.8 Å². The van der Waals surface area contributed by atoms with Gasteiger partial charge in [-0.25, -0.2) is 19.3 Å². The highest BCUT2D eigenvalue weighted by Gasteiger charge is 2.13. The normalized spacial score (nSPS) is 10.8. The lowest BCUT2D eigenvalue weighted by atomic mass is 10.0. The standard InChI is InChI=1S/C26H26FN5O3/c1-16-19-11-17(18-12-20(27)26(34-2)29-14-18)13-23(25(19)31-15-30-16)35-10-6-5-9-24(33)32-22-8-4-3-7-21(22)28/h3-4,7-8,11-15H,5-6,9-10,28H2,1-2H3,(H,32,33). The molecule has 0 aliphatic carbocycles. The van der Waals surface area contributed by atoms with Crippen molar-refractivity contribution in [2.75, 3.05) is 24.8 Å². The number of pyridine rings is 1. The number of nitrogens with zero attached hydrogens (tertiary/aromatic N) is 3. The SMILES string of the molecule is COc1ncc(-c2cc(OCCCCC(=O)Nc3ccccc3N)c3ncnc(C)c3c2)cc1F. The number of anilines is 2. The summed E-state index contributed by atoms with van der Waals surface area (Å²) in [5.41, 5.74) is 9.75. The quantitative estimate of drug-likeness (QED) is 0.261. The first-order valence-electron chi connectivity index (χ1n) is 11.2. The molecule has 4 rings (SSSR count). The minimum absolute atomic E-state index is 0.0653. The minimum Gasteiger partial charge on any atom is -0.491 e. The molecule has 0 saturated carbocycles. The number of carbonyl (C=O) groups excluding carboxylic acids is 1. The summed E-state index contributed by atoms with van der Waals surface area (Å²) >= 11 is 0. The fourth-order valence-electron chi connectivity index (χ4n) is 3.66. The number of halogens is 1. The molecule has 0 aliphatic heterocycles. The molecule has 180 valence electrons. The Morgan fingerprint density at radius 2 is 1.91 bits per heavy atom. The van der Waals surface area contributed by atoms with Gasteiger partial charge < -0.3 is 20.5 Å². The van der Waals surface area contributed by atoms with Crippen molar-refractivity contribution in [3.63, 3.8) is 0 Å². The number of fused-ring (bicyclic) bond motifs is 1. The van der Waals surface area contributed by atoms with Crippen LogP contribution in [0.1, 0.15) is 25.0 Å². The fraction of sp³-hybridized carbons (Fsp3) is 0.231. The zero-order valence-electron chi connectivity index (χ0n) is 19.5. The summed E-state index contributed by atoms with van der Waals surface area (Å²) in [6.45, 7) is 2.26. The van der Waals surface area contributed by atoms with E-state index in [1.807, 2.05) is 31.2 Å². The zero-order chi connectivity index (χ0) is 24.8. The van der Waals surface area contributed by atoms with Crippen molar-refractivity contribution in [2.45, 2.75) is 26.2 Å². The van der Waals surface area contributed by atoms with Crippen LogP contribution in [0.4, 0.5) is 15.8 Å². The molecule has 3 N–H and O–H groups in total. The van der Waals surface area contributed by atoms with Crippen molar-refractivity contribution in [3.05, 3.63) is 66.5 Å². The molecule has 2 aromatic carbocycles. The fourth-order valence-corrected chi connectivity index (χ4v) is 3.66. The van der Waals surface area contributed by atoms with Gasteiger partial charge in [-0.15, -0.1) is 0 Å². The van der Waals surface area contributed by atoms with Crippen molar-refractivity contribution in [1.29, 1.82) is 0 Å². The third kappa shape index (κ3) is 5.63. The van der Waals surface area contributed by atoms with E-state index >= 15 is 0 Å². The van der Waals surface area contributed by atoms with E-state index in [0.717, 1.165) is 16.6 Å². The molecule has 8 nitrogen and oxygen atoms in total. The Labute approximate surface area is 202 Å². The Morgan fingerprint density at radius 1 is 1.09 bits per heavy atom. The van der Waals surface area contributed by atoms with Gasteiger partial charge in [-0.3, -0.25) is 4.79 Å². The van der Waals surface area contributed by atoms with E-state index in [1.165, 1.54) is 19.5 Å². The molecule has 0 fully saturated rings. The van der Waals surface area contributed by atoms with Gasteiger partial charge in [-0.2, -0.15) is 0 Å². The summed E-state index contributed by atoms with van der Waals surface area (Å²) in [6, 6.07) is 12.2. The van der Waals surface area contributed by atoms with Crippen LogP contribution in [0.25, 0.3) is 22.0 Å². The van der Waals surface area contributed by atoms with Gasteiger partial charge in [0.1, 0.15) is 17.6 Å². The highest BCUT2D eigenvalue weighted by atomic mass is 19.1. The van der Waals surface area contributed by atoms with Crippen LogP contribution in [0.5, 0.6) is 11.6 Å². The van der Waals surface area contributed by atoms with Gasteiger partial charge in [-0.1, -0.05) is 12.1 Å². The number of aromatic nitrogens is 3. The number of para-hydroxylation sites is 2. The average molecular weight is 476 g/mol. The number of methoxy groups -OCH3 is 1. The van der Waals surface area contributed by atoms with Crippen molar-refractivity contribution in [2.24, 2.45) is 0 Å². The summed E-state index contributed by atoms with van der Waals surface area (Å²) in [5, 5.41) is 3.62. The molecule has 4 aromatic rings. The molecule has 9 heteroatoms. The molecule has 2 aromatic heterocycles. The Kier molecular flexibility index (Phi) is 7.35. The maximum Gasteiger partial charge on any atom is 0.250 e. The lowest BCUT2D eigenvalue weighted by Crippen LogP contribution is -2.13. The Balaban J connectivity index is 1.44. The van der Waals surface area contributed by atoms with Crippen LogP contribution in [0.3, 0.4) is 0 Å². The van der Waals surface area contributed by atoms with Crippen LogP contribution >= 0.6 is 0 Å². The monoisotopic (exact) mass is 475 g/mol. The number of benzene rings is 2. The van der Waals surface area contributed by atoms with E-state index in [1.54, 1.807) is 18.3 Å². The maximum absolute atomic E-state index is 14.3. The number of hydrogen-bond acceptors (Lipinski definition) is 7. The number of ether oxygens (including phenoxy) is 2. The molecule has 0 atom stereocenters. The number of hydrogen-bond donors (Lipinski definition) is 2. The van der Waals surface area contributed by atoms with E-state index in [4.69, 9.17) is 15.2 Å². The third-order valence-corrected chi connectivity index (χ3v) is 5.53. The summed E-state index contributed by atoms with van der Waals surface area (Å²) < 4.78 is 25.2. The van der Waals surface area contributed by atoms with Crippen LogP contribution in [0.2, 0.25) is 0 Å². The van der Waals surface area contributed by atoms with E-state index < -0.39 is 5.82 Å². The van der Waals surface area contributed by atoms with Gasteiger partial charge in [0.2, 0.25) is 11.8 Å². The molecule has 0 bridgehead atoms. The Hall–Kier alpha value is -4.27. The van der Waals surface area contributed by atoms with Crippen LogP contribution in [-0.4, -0.2) is 34.6 Å². The van der Waals surface area contributed by atoms with Crippen LogP contribution in [-0.2, 0) is 4.79 Å². The van der Waals surface area contributed by atoms with Crippen molar-refractivity contribution >= 4 is 28.2 Å². The summed E-state index contributed by atoms with van der Waals surface area (Å²) in [5.74, 6) is -0.165. The molecule has 1 amide bonds. The molecule has 0 aliphatic rings. The number of nitrogens with two attached hydrogens (primary N) is 1. The minimum atomic E-state index is -0.552. The second kappa shape index (κ2) is 10.8. The van der Waals surface area contributed by atoms with Gasteiger partial charge in [-0.05, 0) is 55.7 Å². The molecule has 0 radical (unpaired) electrons. The number of nitrogens with one attached hydrogen (secondary N) is 1. The second-order valence-corrected chi connectivity index (χ2v) is 7.99. The number of aryl methyl sites for hydroxylation is 1. The maximum atomic E-state index is 14.3. The highest BCUT2D eigenvalue weighted by Crippen LogP contribution is 2.33. The van der Waals surface area contributed by atoms with Crippen molar-refractivity contribution < 1.29 is 18.7 Å². The number of unbranched alkanes of at least 4 members (excludes halogenated alkanes) is 1. The molecule has 2 heterocycles. The van der Waals surface area contributed by atoms with Crippen molar-refractivity contribution in [3.8, 4) is 22.8 Å². The van der Waals surface area contributed by atoms with Gasteiger partial charge in [0, 0.05) is 29.3 Å². The Morgan fingerprint density at radius 3 is 2.69 bits per heavy atom. The van der Waals surface area contributed by atoms with Gasteiger partial charge in [0.15, 0.2) is 5.82 Å². The van der Waals surface area contributed by atoms with E-state index in [0.29, 0.717) is 54.1 Å². The number of rotatable bonds is 9. The molecular formula is C26H26FN5O3. The first-order chi connectivity index (χ1) is 17.0. The topological polar surface area (TPSA) is 112 Å². The molecule has 0 spiro atoms. The second-order valence-electron chi connectivity index (χ2n) is 7.99. The highest BCUT2D eigenvalue weighted by molar-refractivity contribution is 5.93. The van der Waals surface area contributed by atoms with Crippen LogP contribution < -0.4 is 20.5 Å². The van der Waals surface area contributed by atoms with Gasteiger partial charge in [0.25, 0.3) is 0 Å². The molecule has 35 heavy (non-hydrogen) atoms. The van der Waals surface area contributed by atoms with Gasteiger partial charge >= 0.3 is 0 Å². The van der Waals surface area contributed by atoms with Gasteiger partial charge in [0.05, 0.1) is 25.1 Å². The average Bonchev–Trinajstić information content (AvgIpc) is 2.85. The number of nitrogen functional groups attached to an aromatic ring is 1. The molecular weight excluding hydrogens is 449 g/mol.